The van der Waals surface area contributed by atoms with Gasteiger partial charge in [0, 0.05) is 19.0 Å². The number of benzene rings is 1. The maximum absolute atomic E-state index is 13.8. The van der Waals surface area contributed by atoms with Crippen molar-refractivity contribution in [3.05, 3.63) is 29.3 Å². The van der Waals surface area contributed by atoms with Gasteiger partial charge in [0.1, 0.15) is 12.1 Å². The standard InChI is InChI=1S/C31H45N7O6S/c1-4-10-19(11-5-2)27(41)36-22(18-25(39)44-3)30(43)38-17-9-14-23(38)28(42)35-21(13-8-16-34-31(32)33)26(40)29-37-20-12-6-7-15-24(20)45-29/h6-7,12,15,19,21-23H,4-5,8-11,13-14,16-18H2,1-3H3,(H,35,42)(H,36,41)(H4,32,33,34)/t21-,22-,23-/m0/s1. The highest BCUT2D eigenvalue weighted by Crippen LogP contribution is 2.25. The van der Waals surface area contributed by atoms with Gasteiger partial charge < -0.3 is 31.7 Å². The first-order chi connectivity index (χ1) is 21.6. The molecule has 0 bridgehead atoms. The molecule has 2 aromatic rings. The van der Waals surface area contributed by atoms with Gasteiger partial charge in [0.2, 0.25) is 23.5 Å². The maximum atomic E-state index is 13.8. The number of carbonyl (C=O) groups excluding carboxylic acids is 5. The molecule has 45 heavy (non-hydrogen) atoms. The van der Waals surface area contributed by atoms with Crippen molar-refractivity contribution >= 4 is 57.0 Å². The van der Waals surface area contributed by atoms with Crippen LogP contribution in [0.3, 0.4) is 0 Å². The molecule has 246 valence electrons. The molecular weight excluding hydrogens is 598 g/mol. The van der Waals surface area contributed by atoms with E-state index < -0.39 is 35.9 Å². The number of esters is 1. The molecular formula is C31H45N7O6S. The Morgan fingerprint density at radius 1 is 1.07 bits per heavy atom. The van der Waals surface area contributed by atoms with E-state index in [4.69, 9.17) is 16.2 Å². The number of nitrogens with zero attached hydrogens (tertiary/aromatic N) is 3. The lowest BCUT2D eigenvalue weighted by molar-refractivity contribution is -0.147. The van der Waals surface area contributed by atoms with Gasteiger partial charge in [0.25, 0.3) is 0 Å². The van der Waals surface area contributed by atoms with Crippen LogP contribution in [0, 0.1) is 5.92 Å². The van der Waals surface area contributed by atoms with Crippen molar-refractivity contribution in [1.29, 1.82) is 0 Å². The lowest BCUT2D eigenvalue weighted by atomic mass is 9.96. The lowest BCUT2D eigenvalue weighted by Gasteiger charge is -2.30. The summed E-state index contributed by atoms with van der Waals surface area (Å²) in [4.78, 5) is 76.4. The Morgan fingerprint density at radius 3 is 2.42 bits per heavy atom. The minimum atomic E-state index is -1.19. The molecule has 1 aliphatic heterocycles. The topological polar surface area (TPSA) is 199 Å². The van der Waals surface area contributed by atoms with Crippen LogP contribution in [0.4, 0.5) is 0 Å². The van der Waals surface area contributed by atoms with Crippen LogP contribution in [0.2, 0.25) is 0 Å². The van der Waals surface area contributed by atoms with Crippen molar-refractivity contribution in [2.75, 3.05) is 20.2 Å². The predicted molar refractivity (Wildman–Crippen MR) is 172 cm³/mol. The number of rotatable bonds is 17. The first-order valence-corrected chi connectivity index (χ1v) is 16.3. The lowest BCUT2D eigenvalue weighted by Crippen LogP contribution is -2.56. The van der Waals surface area contributed by atoms with Crippen LogP contribution in [0.1, 0.15) is 81.4 Å². The molecule has 0 spiro atoms. The maximum Gasteiger partial charge on any atom is 0.308 e. The molecule has 3 atom stereocenters. The fourth-order valence-electron chi connectivity index (χ4n) is 5.51. The molecule has 1 saturated heterocycles. The number of aliphatic imine (C=N–C) groups is 1. The normalized spacial score (nSPS) is 15.8. The number of fused-ring (bicyclic) bond motifs is 1. The van der Waals surface area contributed by atoms with Crippen LogP contribution in [0.5, 0.6) is 0 Å². The molecule has 0 unspecified atom stereocenters. The third-order valence-electron chi connectivity index (χ3n) is 7.78. The highest BCUT2D eigenvalue weighted by atomic mass is 32.1. The summed E-state index contributed by atoms with van der Waals surface area (Å²) in [6.45, 7) is 4.49. The van der Waals surface area contributed by atoms with Crippen LogP contribution in [0.25, 0.3) is 10.2 Å². The molecule has 1 aliphatic rings. The zero-order valence-electron chi connectivity index (χ0n) is 26.3. The van der Waals surface area contributed by atoms with Crippen molar-refractivity contribution in [3.63, 3.8) is 0 Å². The van der Waals surface area contributed by atoms with E-state index in [-0.39, 0.29) is 54.5 Å². The monoisotopic (exact) mass is 643 g/mol. The van der Waals surface area contributed by atoms with E-state index in [1.54, 1.807) is 0 Å². The first kappa shape index (κ1) is 35.4. The predicted octanol–water partition coefficient (Wildman–Crippen LogP) is 2.27. The van der Waals surface area contributed by atoms with E-state index in [0.29, 0.717) is 37.6 Å². The third kappa shape index (κ3) is 9.96. The zero-order valence-corrected chi connectivity index (χ0v) is 27.1. The Hall–Kier alpha value is -4.07. The molecule has 3 amide bonds. The molecule has 14 heteroatoms. The molecule has 6 N–H and O–H groups in total. The number of aromatic nitrogens is 1. The van der Waals surface area contributed by atoms with Crippen molar-refractivity contribution in [2.45, 2.75) is 89.8 Å². The molecule has 1 fully saturated rings. The smallest absolute Gasteiger partial charge is 0.308 e. The van der Waals surface area contributed by atoms with Gasteiger partial charge in [-0.2, -0.15) is 0 Å². The van der Waals surface area contributed by atoms with Gasteiger partial charge in [0.15, 0.2) is 11.0 Å². The second-order valence-corrected chi connectivity index (χ2v) is 12.2. The van der Waals surface area contributed by atoms with Crippen molar-refractivity contribution in [1.82, 2.24) is 20.5 Å². The number of ether oxygens (including phenoxy) is 1. The van der Waals surface area contributed by atoms with Gasteiger partial charge in [-0.25, -0.2) is 4.98 Å². The number of nitrogens with one attached hydrogen (secondary N) is 2. The average Bonchev–Trinajstić information content (AvgIpc) is 3.69. The van der Waals surface area contributed by atoms with Crippen LogP contribution < -0.4 is 22.1 Å². The molecule has 0 radical (unpaired) electrons. The fraction of sp³-hybridized carbons (Fsp3) is 0.581. The minimum Gasteiger partial charge on any atom is -0.469 e. The number of carbonyl (C=O) groups is 5. The Labute approximate surface area is 267 Å². The third-order valence-corrected chi connectivity index (χ3v) is 8.83. The van der Waals surface area contributed by atoms with Crippen molar-refractivity contribution in [2.24, 2.45) is 22.4 Å². The number of thiazole rings is 1. The van der Waals surface area contributed by atoms with Gasteiger partial charge in [-0.15, -0.1) is 11.3 Å². The molecule has 2 heterocycles. The largest absolute Gasteiger partial charge is 0.469 e. The van der Waals surface area contributed by atoms with E-state index >= 15 is 0 Å². The van der Waals surface area contributed by atoms with Crippen molar-refractivity contribution < 1.29 is 28.7 Å². The SMILES string of the molecule is CCCC(CCC)C(=O)N[C@@H](CC(=O)OC)C(=O)N1CCC[C@H]1C(=O)N[C@@H](CCCN=C(N)N)C(=O)c1nc2ccccc2s1. The highest BCUT2D eigenvalue weighted by Gasteiger charge is 2.40. The van der Waals surface area contributed by atoms with E-state index in [9.17, 15) is 24.0 Å². The Balaban J connectivity index is 1.80. The van der Waals surface area contributed by atoms with E-state index in [0.717, 1.165) is 17.5 Å². The number of likely N-dealkylation sites (tertiary alicyclic amines) is 1. The number of amides is 3. The summed E-state index contributed by atoms with van der Waals surface area (Å²) in [5.41, 5.74) is 11.6. The second-order valence-electron chi connectivity index (χ2n) is 11.2. The zero-order chi connectivity index (χ0) is 32.9. The summed E-state index contributed by atoms with van der Waals surface area (Å²) in [5.74, 6) is -2.71. The summed E-state index contributed by atoms with van der Waals surface area (Å²) in [6, 6.07) is 4.37. The number of nitrogens with two attached hydrogens (primary N) is 2. The van der Waals surface area contributed by atoms with Crippen molar-refractivity contribution in [3.8, 4) is 0 Å². The minimum absolute atomic E-state index is 0.0718. The van der Waals surface area contributed by atoms with Crippen LogP contribution in [0.15, 0.2) is 29.3 Å². The first-order valence-electron chi connectivity index (χ1n) is 15.5. The van der Waals surface area contributed by atoms with Gasteiger partial charge >= 0.3 is 5.97 Å². The average molecular weight is 644 g/mol. The molecule has 1 aromatic heterocycles. The van der Waals surface area contributed by atoms with Gasteiger partial charge in [-0.3, -0.25) is 29.0 Å². The molecule has 13 nitrogen and oxygen atoms in total. The number of guanidine groups is 1. The quantitative estimate of drug-likeness (QED) is 0.0656. The van der Waals surface area contributed by atoms with Crippen LogP contribution >= 0.6 is 11.3 Å². The fourth-order valence-corrected chi connectivity index (χ4v) is 6.47. The van der Waals surface area contributed by atoms with Crippen LogP contribution in [-0.4, -0.2) is 83.6 Å². The van der Waals surface area contributed by atoms with Gasteiger partial charge in [-0.05, 0) is 50.7 Å². The molecule has 3 rings (SSSR count). The summed E-state index contributed by atoms with van der Waals surface area (Å²) >= 11 is 1.24. The summed E-state index contributed by atoms with van der Waals surface area (Å²) < 4.78 is 5.65. The number of Topliss-reactive ketones (excluding diaryl/α,β-unsaturated/α-hetero) is 1. The molecule has 0 aliphatic carbocycles. The Bertz CT molecular complexity index is 1340. The van der Waals surface area contributed by atoms with E-state index in [1.807, 2.05) is 38.1 Å². The summed E-state index contributed by atoms with van der Waals surface area (Å²) in [6.07, 6.45) is 4.10. The Morgan fingerprint density at radius 2 is 1.78 bits per heavy atom. The number of ketones is 1. The number of methoxy groups -OCH3 is 1. The van der Waals surface area contributed by atoms with Gasteiger partial charge in [-0.1, -0.05) is 38.8 Å². The second kappa shape index (κ2) is 17.4. The summed E-state index contributed by atoms with van der Waals surface area (Å²) in [5, 5.41) is 5.88. The molecule has 0 saturated carbocycles. The number of hydrogen-bond donors (Lipinski definition) is 4. The highest BCUT2D eigenvalue weighted by molar-refractivity contribution is 7.20. The molecule has 1 aromatic carbocycles. The van der Waals surface area contributed by atoms with E-state index in [2.05, 4.69) is 20.6 Å². The van der Waals surface area contributed by atoms with E-state index in [1.165, 1.54) is 23.3 Å². The van der Waals surface area contributed by atoms with Gasteiger partial charge in [0.05, 0.1) is 29.8 Å². The number of para-hydroxylation sites is 1. The van der Waals surface area contributed by atoms with Crippen LogP contribution in [-0.2, 0) is 23.9 Å². The Kier molecular flexibility index (Phi) is 13.7. The summed E-state index contributed by atoms with van der Waals surface area (Å²) in [7, 11) is 1.21. The number of hydrogen-bond acceptors (Lipinski definition) is 9.